The van der Waals surface area contributed by atoms with Crippen LogP contribution in [0.15, 0.2) is 45.6 Å². The predicted molar refractivity (Wildman–Crippen MR) is 100.0 cm³/mol. The molecule has 1 aliphatic heterocycles. The van der Waals surface area contributed by atoms with Crippen molar-refractivity contribution in [3.05, 3.63) is 52.7 Å². The molecule has 7 nitrogen and oxygen atoms in total. The molecule has 1 fully saturated rings. The number of pyridine rings is 1. The van der Waals surface area contributed by atoms with Crippen LogP contribution in [-0.4, -0.2) is 53.9 Å². The summed E-state index contributed by atoms with van der Waals surface area (Å²) in [4.78, 5) is 18.5. The molecule has 0 N–H and O–H groups in total. The smallest absolute Gasteiger partial charge is 0.289 e. The van der Waals surface area contributed by atoms with Crippen LogP contribution >= 0.6 is 15.9 Å². The second-order valence-electron chi connectivity index (χ2n) is 6.07. The van der Waals surface area contributed by atoms with E-state index in [1.807, 2.05) is 6.07 Å². The molecule has 26 heavy (non-hydrogen) atoms. The van der Waals surface area contributed by atoms with E-state index in [9.17, 15) is 13.2 Å². The summed E-state index contributed by atoms with van der Waals surface area (Å²) in [6.45, 7) is 1.41. The van der Waals surface area contributed by atoms with Gasteiger partial charge in [-0.3, -0.25) is 9.78 Å². The van der Waals surface area contributed by atoms with Crippen molar-refractivity contribution in [3.63, 3.8) is 0 Å². The summed E-state index contributed by atoms with van der Waals surface area (Å²) in [5.74, 6) is -0.322. The molecule has 0 bridgehead atoms. The molecule has 0 spiro atoms. The number of furan rings is 1. The molecule has 140 valence electrons. The fraction of sp³-hybridized carbons (Fsp3) is 0.412. The van der Waals surface area contributed by atoms with Gasteiger partial charge in [-0.15, -0.1) is 0 Å². The minimum Gasteiger partial charge on any atom is -0.444 e. The quantitative estimate of drug-likeness (QED) is 0.658. The topological polar surface area (TPSA) is 83.7 Å². The number of rotatable bonds is 7. The zero-order valence-electron chi connectivity index (χ0n) is 14.2. The minimum absolute atomic E-state index is 0.0760. The van der Waals surface area contributed by atoms with E-state index in [0.717, 1.165) is 12.8 Å². The number of carbonyl (C=O) groups excluding carboxylic acids is 1. The lowest BCUT2D eigenvalue weighted by molar-refractivity contribution is 0.0718. The van der Waals surface area contributed by atoms with Gasteiger partial charge in [0.05, 0.1) is 18.0 Å². The minimum atomic E-state index is -3.38. The van der Waals surface area contributed by atoms with E-state index in [1.165, 1.54) is 9.21 Å². The lowest BCUT2D eigenvalue weighted by Crippen LogP contribution is -2.39. The Morgan fingerprint density at radius 3 is 2.62 bits per heavy atom. The molecule has 1 aliphatic rings. The molecule has 3 rings (SSSR count). The number of aromatic nitrogens is 1. The second-order valence-corrected chi connectivity index (χ2v) is 8.94. The highest BCUT2D eigenvalue weighted by atomic mass is 79.9. The Labute approximate surface area is 161 Å². The molecule has 0 atom stereocenters. The van der Waals surface area contributed by atoms with Gasteiger partial charge in [0.2, 0.25) is 10.0 Å². The standard InChI is InChI=1S/C17H20BrN3O4S/c18-16-7-6-15(25-16)17(22)20(13-14-5-1-2-8-19-14)11-12-26(23,24)21-9-3-4-10-21/h1-2,5-8H,3-4,9-13H2. The van der Waals surface area contributed by atoms with Crippen LogP contribution in [-0.2, 0) is 16.6 Å². The van der Waals surface area contributed by atoms with Crippen LogP contribution in [0.3, 0.4) is 0 Å². The van der Waals surface area contributed by atoms with Crippen molar-refractivity contribution in [1.29, 1.82) is 0 Å². The highest BCUT2D eigenvalue weighted by molar-refractivity contribution is 9.10. The van der Waals surface area contributed by atoms with Crippen molar-refractivity contribution in [1.82, 2.24) is 14.2 Å². The SMILES string of the molecule is O=C(c1ccc(Br)o1)N(CCS(=O)(=O)N1CCCC1)Cc1ccccn1. The summed E-state index contributed by atoms with van der Waals surface area (Å²) >= 11 is 3.18. The van der Waals surface area contributed by atoms with Crippen LogP contribution in [0.1, 0.15) is 29.1 Å². The van der Waals surface area contributed by atoms with E-state index in [1.54, 1.807) is 30.5 Å². The van der Waals surface area contributed by atoms with E-state index in [0.29, 0.717) is 23.5 Å². The van der Waals surface area contributed by atoms with Crippen LogP contribution in [0.2, 0.25) is 0 Å². The van der Waals surface area contributed by atoms with Gasteiger partial charge >= 0.3 is 0 Å². The maximum absolute atomic E-state index is 12.8. The number of amides is 1. The van der Waals surface area contributed by atoms with Crippen LogP contribution in [0.25, 0.3) is 0 Å². The van der Waals surface area contributed by atoms with Gasteiger partial charge in [-0.1, -0.05) is 6.07 Å². The lowest BCUT2D eigenvalue weighted by atomic mass is 10.3. The average Bonchev–Trinajstić information content (AvgIpc) is 3.31. The van der Waals surface area contributed by atoms with Gasteiger partial charge in [0.25, 0.3) is 5.91 Å². The Morgan fingerprint density at radius 1 is 1.23 bits per heavy atom. The second kappa shape index (κ2) is 8.32. The fourth-order valence-electron chi connectivity index (χ4n) is 2.85. The lowest BCUT2D eigenvalue weighted by Gasteiger charge is -2.23. The van der Waals surface area contributed by atoms with Crippen molar-refractivity contribution in [2.45, 2.75) is 19.4 Å². The molecule has 2 aromatic rings. The first-order chi connectivity index (χ1) is 12.5. The van der Waals surface area contributed by atoms with Crippen molar-refractivity contribution < 1.29 is 17.6 Å². The summed E-state index contributed by atoms with van der Waals surface area (Å²) in [5, 5.41) is 0. The number of hydrogen-bond donors (Lipinski definition) is 0. The Kier molecular flexibility index (Phi) is 6.10. The summed E-state index contributed by atoms with van der Waals surface area (Å²) in [6.07, 6.45) is 3.41. The van der Waals surface area contributed by atoms with Crippen LogP contribution < -0.4 is 0 Å². The molecule has 9 heteroatoms. The molecule has 1 amide bonds. The number of carbonyl (C=O) groups is 1. The Hall–Kier alpha value is -1.71. The van der Waals surface area contributed by atoms with Gasteiger partial charge in [-0.05, 0) is 53.0 Å². The summed E-state index contributed by atoms with van der Waals surface area (Å²) in [7, 11) is -3.38. The van der Waals surface area contributed by atoms with Gasteiger partial charge in [-0.25, -0.2) is 12.7 Å². The zero-order chi connectivity index (χ0) is 18.6. The summed E-state index contributed by atoms with van der Waals surface area (Å²) in [5.41, 5.74) is 0.685. The molecule has 3 heterocycles. The van der Waals surface area contributed by atoms with Crippen LogP contribution in [0.5, 0.6) is 0 Å². The largest absolute Gasteiger partial charge is 0.444 e. The molecule has 0 saturated carbocycles. The fourth-order valence-corrected chi connectivity index (χ4v) is 4.68. The normalized spacial score (nSPS) is 15.3. The van der Waals surface area contributed by atoms with Gasteiger partial charge in [0.1, 0.15) is 0 Å². The van der Waals surface area contributed by atoms with E-state index in [-0.39, 0.29) is 30.5 Å². The summed E-state index contributed by atoms with van der Waals surface area (Å²) < 4.78 is 32.3. The van der Waals surface area contributed by atoms with Gasteiger partial charge in [0.15, 0.2) is 10.4 Å². The number of hydrogen-bond acceptors (Lipinski definition) is 5. The molecule has 0 unspecified atom stereocenters. The summed E-state index contributed by atoms with van der Waals surface area (Å²) in [6, 6.07) is 8.61. The molecular weight excluding hydrogens is 422 g/mol. The van der Waals surface area contributed by atoms with Gasteiger partial charge in [-0.2, -0.15) is 0 Å². The Balaban J connectivity index is 1.75. The van der Waals surface area contributed by atoms with E-state index >= 15 is 0 Å². The van der Waals surface area contributed by atoms with Crippen molar-refractivity contribution in [2.75, 3.05) is 25.4 Å². The van der Waals surface area contributed by atoms with Crippen LogP contribution in [0.4, 0.5) is 0 Å². The van der Waals surface area contributed by atoms with Gasteiger partial charge < -0.3 is 9.32 Å². The Bertz CT molecular complexity index is 848. The molecule has 0 aromatic carbocycles. The predicted octanol–water partition coefficient (Wildman–Crippen LogP) is 2.51. The average molecular weight is 442 g/mol. The first-order valence-electron chi connectivity index (χ1n) is 8.38. The van der Waals surface area contributed by atoms with Crippen molar-refractivity contribution >= 4 is 31.9 Å². The van der Waals surface area contributed by atoms with Crippen molar-refractivity contribution in [2.24, 2.45) is 0 Å². The molecule has 0 radical (unpaired) electrons. The molecule has 1 saturated heterocycles. The maximum atomic E-state index is 12.8. The van der Waals surface area contributed by atoms with Gasteiger partial charge in [0, 0.05) is 25.8 Å². The highest BCUT2D eigenvalue weighted by Crippen LogP contribution is 2.18. The Morgan fingerprint density at radius 2 is 2.00 bits per heavy atom. The molecular formula is C17H20BrN3O4S. The van der Waals surface area contributed by atoms with Crippen molar-refractivity contribution in [3.8, 4) is 0 Å². The maximum Gasteiger partial charge on any atom is 0.289 e. The monoisotopic (exact) mass is 441 g/mol. The van der Waals surface area contributed by atoms with Crippen LogP contribution in [0, 0.1) is 0 Å². The first-order valence-corrected chi connectivity index (χ1v) is 10.8. The molecule has 2 aromatic heterocycles. The highest BCUT2D eigenvalue weighted by Gasteiger charge is 2.28. The third-order valence-corrected chi connectivity index (χ3v) is 6.50. The number of nitrogens with zero attached hydrogens (tertiary/aromatic N) is 3. The molecule has 0 aliphatic carbocycles. The number of halogens is 1. The van der Waals surface area contributed by atoms with E-state index in [4.69, 9.17) is 4.42 Å². The van der Waals surface area contributed by atoms with E-state index < -0.39 is 10.0 Å². The van der Waals surface area contributed by atoms with E-state index in [2.05, 4.69) is 20.9 Å². The number of sulfonamides is 1. The third kappa shape index (κ3) is 4.72. The zero-order valence-corrected chi connectivity index (χ0v) is 16.6. The first kappa shape index (κ1) is 19.1. The third-order valence-electron chi connectivity index (χ3n) is 4.23.